The molecule has 0 saturated heterocycles. The van der Waals surface area contributed by atoms with Crippen LogP contribution >= 0.6 is 11.3 Å². The van der Waals surface area contributed by atoms with Crippen molar-refractivity contribution in [2.45, 2.75) is 25.7 Å². The highest BCUT2D eigenvalue weighted by Crippen LogP contribution is 2.29. The summed E-state index contributed by atoms with van der Waals surface area (Å²) in [6.45, 7) is -0.165. The number of rotatable bonds is 5. The molecule has 0 saturated carbocycles. The predicted molar refractivity (Wildman–Crippen MR) is 86.0 cm³/mol. The Morgan fingerprint density at radius 1 is 1.30 bits per heavy atom. The van der Waals surface area contributed by atoms with E-state index in [0.29, 0.717) is 10.9 Å². The molecule has 2 aromatic rings. The molecular weight excluding hydrogens is 318 g/mol. The second-order valence-electron chi connectivity index (χ2n) is 5.18. The first kappa shape index (κ1) is 15.4. The number of ether oxygens (including phenoxy) is 1. The number of aromatic nitrogens is 1. The lowest BCUT2D eigenvalue weighted by Crippen LogP contribution is -2.20. The molecule has 0 aliphatic heterocycles. The third kappa shape index (κ3) is 3.84. The Labute approximate surface area is 136 Å². The highest BCUT2D eigenvalue weighted by atomic mass is 32.1. The fraction of sp³-hybridized carbons (Fsp3) is 0.333. The number of non-ortho nitro benzene ring substituents is 1. The quantitative estimate of drug-likeness (QED) is 0.670. The molecule has 23 heavy (non-hydrogen) atoms. The molecule has 3 rings (SSSR count). The molecule has 1 N–H and O–H groups in total. The van der Waals surface area contributed by atoms with Crippen LogP contribution in [0.4, 0.5) is 10.8 Å². The number of benzene rings is 1. The fourth-order valence-electron chi connectivity index (χ4n) is 2.37. The molecule has 120 valence electrons. The maximum Gasteiger partial charge on any atom is 0.269 e. The molecule has 0 spiro atoms. The molecule has 0 fully saturated rings. The summed E-state index contributed by atoms with van der Waals surface area (Å²) >= 11 is 1.52. The lowest BCUT2D eigenvalue weighted by Gasteiger charge is -2.06. The van der Waals surface area contributed by atoms with Crippen molar-refractivity contribution < 1.29 is 14.5 Å². The lowest BCUT2D eigenvalue weighted by atomic mass is 10.0. The number of nitro groups is 1. The van der Waals surface area contributed by atoms with E-state index in [1.54, 1.807) is 0 Å². The van der Waals surface area contributed by atoms with Crippen LogP contribution < -0.4 is 10.1 Å². The number of thiazole rings is 1. The van der Waals surface area contributed by atoms with E-state index in [4.69, 9.17) is 4.74 Å². The highest BCUT2D eigenvalue weighted by molar-refractivity contribution is 7.15. The first-order valence-electron chi connectivity index (χ1n) is 7.27. The minimum Gasteiger partial charge on any atom is -0.484 e. The topological polar surface area (TPSA) is 94.4 Å². The number of nitrogens with one attached hydrogen (secondary N) is 1. The molecule has 0 radical (unpaired) electrons. The molecule has 1 aromatic carbocycles. The molecule has 1 aromatic heterocycles. The standard InChI is InChI=1S/C15H15N3O4S/c19-14(9-22-11-7-5-10(6-8-11)18(20)21)17-15-16-12-3-1-2-4-13(12)23-15/h5-8H,1-4,9H2,(H,16,17,19). The number of carbonyl (C=O) groups excluding carboxylic acids is 1. The monoisotopic (exact) mass is 333 g/mol. The van der Waals surface area contributed by atoms with Gasteiger partial charge in [0.25, 0.3) is 11.6 Å². The average molecular weight is 333 g/mol. The van der Waals surface area contributed by atoms with Crippen molar-refractivity contribution in [2.75, 3.05) is 11.9 Å². The molecule has 1 amide bonds. The Bertz CT molecular complexity index is 703. The lowest BCUT2D eigenvalue weighted by molar-refractivity contribution is -0.384. The van der Waals surface area contributed by atoms with Crippen LogP contribution in [0.1, 0.15) is 23.4 Å². The predicted octanol–water partition coefficient (Wildman–Crippen LogP) is 2.95. The van der Waals surface area contributed by atoms with E-state index >= 15 is 0 Å². The molecule has 1 heterocycles. The number of aryl methyl sites for hydroxylation is 2. The van der Waals surface area contributed by atoms with Gasteiger partial charge in [-0.05, 0) is 37.8 Å². The van der Waals surface area contributed by atoms with Crippen LogP contribution in [-0.2, 0) is 17.6 Å². The molecule has 1 aliphatic rings. The van der Waals surface area contributed by atoms with E-state index < -0.39 is 4.92 Å². The van der Waals surface area contributed by atoms with Gasteiger partial charge in [0.1, 0.15) is 5.75 Å². The molecular formula is C15H15N3O4S. The van der Waals surface area contributed by atoms with Crippen molar-refractivity contribution in [3.63, 3.8) is 0 Å². The Hall–Kier alpha value is -2.48. The van der Waals surface area contributed by atoms with Crippen LogP contribution in [0.2, 0.25) is 0 Å². The van der Waals surface area contributed by atoms with E-state index in [0.717, 1.165) is 25.0 Å². The summed E-state index contributed by atoms with van der Waals surface area (Å²) in [5, 5.41) is 13.9. The first-order valence-corrected chi connectivity index (χ1v) is 8.09. The maximum absolute atomic E-state index is 11.9. The minimum absolute atomic E-state index is 0.0184. The summed E-state index contributed by atoms with van der Waals surface area (Å²) in [6.07, 6.45) is 4.32. The second kappa shape index (κ2) is 6.74. The Morgan fingerprint density at radius 2 is 2.04 bits per heavy atom. The van der Waals surface area contributed by atoms with E-state index in [-0.39, 0.29) is 18.2 Å². The largest absolute Gasteiger partial charge is 0.484 e. The van der Waals surface area contributed by atoms with Crippen LogP contribution in [0.25, 0.3) is 0 Å². The maximum atomic E-state index is 11.9. The molecule has 8 heteroatoms. The van der Waals surface area contributed by atoms with Gasteiger partial charge in [-0.2, -0.15) is 0 Å². The van der Waals surface area contributed by atoms with E-state index in [1.165, 1.54) is 46.9 Å². The van der Waals surface area contributed by atoms with Crippen LogP contribution in [0.5, 0.6) is 5.75 Å². The van der Waals surface area contributed by atoms with Crippen molar-refractivity contribution >= 4 is 28.1 Å². The van der Waals surface area contributed by atoms with Gasteiger partial charge in [-0.3, -0.25) is 20.2 Å². The number of amides is 1. The zero-order chi connectivity index (χ0) is 16.2. The van der Waals surface area contributed by atoms with Gasteiger partial charge in [-0.15, -0.1) is 11.3 Å². The number of nitrogens with zero attached hydrogens (tertiary/aromatic N) is 2. The molecule has 0 atom stereocenters. The van der Waals surface area contributed by atoms with Crippen molar-refractivity contribution in [1.29, 1.82) is 0 Å². The van der Waals surface area contributed by atoms with E-state index in [9.17, 15) is 14.9 Å². The Morgan fingerprint density at radius 3 is 2.74 bits per heavy atom. The molecule has 0 unspecified atom stereocenters. The van der Waals surface area contributed by atoms with Gasteiger partial charge in [0.05, 0.1) is 10.6 Å². The number of fused-ring (bicyclic) bond motifs is 1. The van der Waals surface area contributed by atoms with Gasteiger partial charge < -0.3 is 4.74 Å². The van der Waals surface area contributed by atoms with Crippen molar-refractivity contribution in [3.8, 4) is 5.75 Å². The third-order valence-electron chi connectivity index (χ3n) is 3.51. The summed E-state index contributed by atoms with van der Waals surface area (Å²) in [7, 11) is 0. The first-order chi connectivity index (χ1) is 11.1. The van der Waals surface area contributed by atoms with Crippen LogP contribution in [-0.4, -0.2) is 22.4 Å². The van der Waals surface area contributed by atoms with Crippen LogP contribution in [0.15, 0.2) is 24.3 Å². The SMILES string of the molecule is O=C(COc1ccc([N+](=O)[O-])cc1)Nc1nc2c(s1)CCCC2. The Balaban J connectivity index is 1.53. The van der Waals surface area contributed by atoms with Crippen LogP contribution in [0.3, 0.4) is 0 Å². The van der Waals surface area contributed by atoms with Gasteiger partial charge >= 0.3 is 0 Å². The number of nitro benzene ring substituents is 1. The van der Waals surface area contributed by atoms with Crippen molar-refractivity contribution in [2.24, 2.45) is 0 Å². The average Bonchev–Trinajstić information content (AvgIpc) is 2.95. The smallest absolute Gasteiger partial charge is 0.269 e. The number of carbonyl (C=O) groups is 1. The highest BCUT2D eigenvalue weighted by Gasteiger charge is 2.16. The van der Waals surface area contributed by atoms with Gasteiger partial charge in [0, 0.05) is 17.0 Å². The zero-order valence-corrected chi connectivity index (χ0v) is 13.1. The number of anilines is 1. The van der Waals surface area contributed by atoms with E-state index in [1.807, 2.05) is 0 Å². The fourth-order valence-corrected chi connectivity index (χ4v) is 3.44. The summed E-state index contributed by atoms with van der Waals surface area (Å²) in [5.41, 5.74) is 1.07. The van der Waals surface area contributed by atoms with Crippen molar-refractivity contribution in [1.82, 2.24) is 4.98 Å². The minimum atomic E-state index is -0.485. The number of hydrogen-bond acceptors (Lipinski definition) is 6. The molecule has 1 aliphatic carbocycles. The van der Waals surface area contributed by atoms with Crippen LogP contribution in [0, 0.1) is 10.1 Å². The normalized spacial score (nSPS) is 13.2. The van der Waals surface area contributed by atoms with Crippen molar-refractivity contribution in [3.05, 3.63) is 45.0 Å². The summed E-state index contributed by atoms with van der Waals surface area (Å²) in [6, 6.07) is 5.60. The zero-order valence-electron chi connectivity index (χ0n) is 12.3. The summed E-state index contributed by atoms with van der Waals surface area (Å²) < 4.78 is 5.32. The van der Waals surface area contributed by atoms with Gasteiger partial charge in [0.15, 0.2) is 11.7 Å². The molecule has 0 bridgehead atoms. The van der Waals surface area contributed by atoms with E-state index in [2.05, 4.69) is 10.3 Å². The van der Waals surface area contributed by atoms with Gasteiger partial charge in [-0.25, -0.2) is 4.98 Å². The summed E-state index contributed by atoms with van der Waals surface area (Å²) in [4.78, 5) is 27.7. The second-order valence-corrected chi connectivity index (χ2v) is 6.27. The summed E-state index contributed by atoms with van der Waals surface area (Å²) in [5.74, 6) is 0.110. The van der Waals surface area contributed by atoms with Gasteiger partial charge in [-0.1, -0.05) is 0 Å². The third-order valence-corrected chi connectivity index (χ3v) is 4.58. The molecule has 7 nitrogen and oxygen atoms in total. The van der Waals surface area contributed by atoms with Gasteiger partial charge in [0.2, 0.25) is 0 Å². The Kier molecular flexibility index (Phi) is 4.52. The number of hydrogen-bond donors (Lipinski definition) is 1.